The first-order valence-corrected chi connectivity index (χ1v) is 13.1. The number of morpholine rings is 1. The standard InChI is InChI=1S/C27H28ClN5O5/c28-13-16-14-33(27(36)20-10-15-9-17(38-6-3-29)1-2-19(15)30-20)22-12-23(34)25-18(24(16)22)11-21(31-25)26(35)32-4-7-37-8-5-32/h1-2,9-12,16,30-31,34H,3-8,13-14,29H2/t16-/m1/s1. The van der Waals surface area contributed by atoms with Crippen molar-refractivity contribution in [2.45, 2.75) is 5.92 Å². The third kappa shape index (κ3) is 4.14. The maximum atomic E-state index is 13.7. The Balaban J connectivity index is 1.36. The molecule has 1 atom stereocenters. The van der Waals surface area contributed by atoms with Crippen LogP contribution in [0.1, 0.15) is 32.5 Å². The zero-order chi connectivity index (χ0) is 26.4. The molecule has 11 heteroatoms. The Morgan fingerprint density at radius 3 is 2.66 bits per heavy atom. The molecule has 6 rings (SSSR count). The molecule has 0 spiro atoms. The molecule has 0 saturated carbocycles. The van der Waals surface area contributed by atoms with E-state index in [1.54, 1.807) is 28.0 Å². The number of phenols is 1. The number of benzene rings is 2. The van der Waals surface area contributed by atoms with Gasteiger partial charge in [0.25, 0.3) is 11.8 Å². The van der Waals surface area contributed by atoms with Crippen molar-refractivity contribution in [3.63, 3.8) is 0 Å². The summed E-state index contributed by atoms with van der Waals surface area (Å²) in [5, 5.41) is 12.4. The summed E-state index contributed by atoms with van der Waals surface area (Å²) in [7, 11) is 0. The van der Waals surface area contributed by atoms with Gasteiger partial charge in [-0.25, -0.2) is 0 Å². The van der Waals surface area contributed by atoms with Crippen LogP contribution in [0.5, 0.6) is 11.5 Å². The van der Waals surface area contributed by atoms with E-state index < -0.39 is 0 Å². The summed E-state index contributed by atoms with van der Waals surface area (Å²) in [6, 6.07) is 10.7. The number of amides is 2. The minimum absolute atomic E-state index is 0.0360. The van der Waals surface area contributed by atoms with Crippen LogP contribution in [-0.4, -0.2) is 83.7 Å². The second kappa shape index (κ2) is 9.86. The van der Waals surface area contributed by atoms with Crippen molar-refractivity contribution < 1.29 is 24.2 Å². The molecule has 2 amide bonds. The first kappa shape index (κ1) is 24.6. The van der Waals surface area contributed by atoms with Gasteiger partial charge in [-0.15, -0.1) is 11.6 Å². The smallest absolute Gasteiger partial charge is 0.274 e. The summed E-state index contributed by atoms with van der Waals surface area (Å²) in [6.45, 7) is 3.18. The number of hydrogen-bond acceptors (Lipinski definition) is 6. The lowest BCUT2D eigenvalue weighted by Gasteiger charge is -2.26. The largest absolute Gasteiger partial charge is 0.506 e. The molecule has 198 valence electrons. The van der Waals surface area contributed by atoms with Crippen LogP contribution in [0.3, 0.4) is 0 Å². The number of halogens is 1. The highest BCUT2D eigenvalue weighted by Crippen LogP contribution is 2.46. The maximum Gasteiger partial charge on any atom is 0.274 e. The molecule has 2 aromatic carbocycles. The van der Waals surface area contributed by atoms with Crippen molar-refractivity contribution in [2.75, 3.05) is 56.8 Å². The van der Waals surface area contributed by atoms with Crippen molar-refractivity contribution in [1.29, 1.82) is 0 Å². The van der Waals surface area contributed by atoms with Gasteiger partial charge >= 0.3 is 0 Å². The van der Waals surface area contributed by atoms with Crippen molar-refractivity contribution in [3.05, 3.63) is 53.3 Å². The molecule has 1 fully saturated rings. The Labute approximate surface area is 223 Å². The quantitative estimate of drug-likeness (QED) is 0.279. The van der Waals surface area contributed by atoms with E-state index in [1.807, 2.05) is 18.2 Å². The van der Waals surface area contributed by atoms with Gasteiger partial charge in [0.05, 0.1) is 24.4 Å². The van der Waals surface area contributed by atoms with Crippen LogP contribution >= 0.6 is 11.6 Å². The van der Waals surface area contributed by atoms with Gasteiger partial charge in [0.1, 0.15) is 29.5 Å². The normalized spacial score (nSPS) is 17.4. The number of nitrogens with zero attached hydrogens (tertiary/aromatic N) is 2. The number of H-pyrrole nitrogens is 2. The number of aromatic hydroxyl groups is 1. The number of nitrogens with one attached hydrogen (secondary N) is 2. The lowest BCUT2D eigenvalue weighted by Crippen LogP contribution is -2.40. The number of rotatable bonds is 6. The van der Waals surface area contributed by atoms with Crippen LogP contribution in [0.4, 0.5) is 5.69 Å². The van der Waals surface area contributed by atoms with Crippen LogP contribution in [0.2, 0.25) is 0 Å². The third-order valence-corrected chi connectivity index (χ3v) is 7.56. The van der Waals surface area contributed by atoms with Crippen LogP contribution in [0.25, 0.3) is 21.8 Å². The van der Waals surface area contributed by atoms with Crippen molar-refractivity contribution in [3.8, 4) is 11.5 Å². The number of alkyl halides is 1. The molecule has 2 aliphatic heterocycles. The average Bonchev–Trinajstić information content (AvgIpc) is 3.66. The van der Waals surface area contributed by atoms with E-state index in [-0.39, 0.29) is 29.4 Å². The molecule has 2 aliphatic rings. The number of hydrogen-bond donors (Lipinski definition) is 4. The predicted molar refractivity (Wildman–Crippen MR) is 145 cm³/mol. The summed E-state index contributed by atoms with van der Waals surface area (Å²) in [6.07, 6.45) is 0. The lowest BCUT2D eigenvalue weighted by atomic mass is 9.98. The highest BCUT2D eigenvalue weighted by atomic mass is 35.5. The highest BCUT2D eigenvalue weighted by molar-refractivity contribution is 6.19. The Hall–Kier alpha value is -3.73. The Morgan fingerprint density at radius 2 is 1.89 bits per heavy atom. The van der Waals surface area contributed by atoms with Gasteiger partial charge in [0.2, 0.25) is 0 Å². The molecular weight excluding hydrogens is 510 g/mol. The van der Waals surface area contributed by atoms with Gasteiger partial charge in [0.15, 0.2) is 0 Å². The van der Waals surface area contributed by atoms with Gasteiger partial charge in [-0.05, 0) is 35.9 Å². The molecule has 0 radical (unpaired) electrons. The monoisotopic (exact) mass is 537 g/mol. The van der Waals surface area contributed by atoms with Gasteiger partial charge in [0, 0.05) is 60.3 Å². The molecule has 4 heterocycles. The lowest BCUT2D eigenvalue weighted by molar-refractivity contribution is 0.0299. The number of aromatic nitrogens is 2. The molecule has 0 aliphatic carbocycles. The van der Waals surface area contributed by atoms with E-state index in [1.165, 1.54) is 0 Å². The molecule has 38 heavy (non-hydrogen) atoms. The summed E-state index contributed by atoms with van der Waals surface area (Å²) >= 11 is 6.38. The topological polar surface area (TPSA) is 137 Å². The number of aromatic amines is 2. The molecule has 4 aromatic rings. The second-order valence-corrected chi connectivity index (χ2v) is 9.85. The Kier molecular flexibility index (Phi) is 6.38. The molecule has 2 aromatic heterocycles. The van der Waals surface area contributed by atoms with E-state index >= 15 is 0 Å². The van der Waals surface area contributed by atoms with E-state index in [9.17, 15) is 14.7 Å². The minimum Gasteiger partial charge on any atom is -0.506 e. The SMILES string of the molecule is NCCOc1ccc2[nH]c(C(=O)N3C[C@@H](CCl)c4c3cc(O)c3[nH]c(C(=O)N5CCOCC5)cc43)cc2c1. The fourth-order valence-electron chi connectivity index (χ4n) is 5.36. The van der Waals surface area contributed by atoms with E-state index in [2.05, 4.69) is 9.97 Å². The van der Waals surface area contributed by atoms with Crippen molar-refractivity contribution in [2.24, 2.45) is 5.73 Å². The van der Waals surface area contributed by atoms with Gasteiger partial charge < -0.3 is 40.1 Å². The van der Waals surface area contributed by atoms with Crippen molar-refractivity contribution >= 4 is 50.9 Å². The molecule has 0 bridgehead atoms. The zero-order valence-corrected chi connectivity index (χ0v) is 21.4. The Morgan fingerprint density at radius 1 is 1.11 bits per heavy atom. The molecular formula is C27H28ClN5O5. The van der Waals surface area contributed by atoms with Crippen LogP contribution in [0.15, 0.2) is 36.4 Å². The fourth-order valence-corrected chi connectivity index (χ4v) is 5.61. The van der Waals surface area contributed by atoms with E-state index in [0.29, 0.717) is 79.7 Å². The number of carbonyl (C=O) groups excluding carboxylic acids is 2. The molecule has 1 saturated heterocycles. The average molecular weight is 538 g/mol. The van der Waals surface area contributed by atoms with Gasteiger partial charge in [-0.2, -0.15) is 0 Å². The number of anilines is 1. The maximum absolute atomic E-state index is 13.7. The fraction of sp³-hybridized carbons (Fsp3) is 0.333. The van der Waals surface area contributed by atoms with Crippen LogP contribution in [0, 0.1) is 0 Å². The second-order valence-electron chi connectivity index (χ2n) is 9.54. The van der Waals surface area contributed by atoms with E-state index in [0.717, 1.165) is 16.5 Å². The van der Waals surface area contributed by atoms with Gasteiger partial charge in [-0.3, -0.25) is 9.59 Å². The minimum atomic E-state index is -0.238. The van der Waals surface area contributed by atoms with E-state index in [4.69, 9.17) is 26.8 Å². The molecule has 5 N–H and O–H groups in total. The Bertz CT molecular complexity index is 1540. The summed E-state index contributed by atoms with van der Waals surface area (Å²) < 4.78 is 11.0. The van der Waals surface area contributed by atoms with Crippen LogP contribution in [-0.2, 0) is 4.74 Å². The predicted octanol–water partition coefficient (Wildman–Crippen LogP) is 3.15. The third-order valence-electron chi connectivity index (χ3n) is 7.18. The van der Waals surface area contributed by atoms with Crippen molar-refractivity contribution in [1.82, 2.24) is 14.9 Å². The number of fused-ring (bicyclic) bond motifs is 4. The van der Waals surface area contributed by atoms with Crippen LogP contribution < -0.4 is 15.4 Å². The first-order chi connectivity index (χ1) is 18.5. The number of nitrogens with two attached hydrogens (primary N) is 1. The first-order valence-electron chi connectivity index (χ1n) is 12.6. The number of carbonyl (C=O) groups is 2. The summed E-state index contributed by atoms with van der Waals surface area (Å²) in [5.41, 5.74) is 9.00. The van der Waals surface area contributed by atoms with Gasteiger partial charge in [-0.1, -0.05) is 0 Å². The molecule has 0 unspecified atom stereocenters. The summed E-state index contributed by atoms with van der Waals surface area (Å²) in [5.74, 6) is 0.366. The zero-order valence-electron chi connectivity index (χ0n) is 20.6. The summed E-state index contributed by atoms with van der Waals surface area (Å²) in [4.78, 5) is 36.5. The number of ether oxygens (including phenoxy) is 2. The number of phenolic OH excluding ortho intramolecular Hbond substituents is 1. The molecule has 10 nitrogen and oxygen atoms in total. The highest BCUT2D eigenvalue weighted by Gasteiger charge is 2.36.